The summed E-state index contributed by atoms with van der Waals surface area (Å²) < 4.78 is 29.7. The molecule has 4 heterocycles. The van der Waals surface area contributed by atoms with Crippen LogP contribution < -0.4 is 4.90 Å². The van der Waals surface area contributed by atoms with Crippen molar-refractivity contribution in [1.29, 1.82) is 5.26 Å². The minimum Gasteiger partial charge on any atom is -0.464 e. The van der Waals surface area contributed by atoms with Crippen molar-refractivity contribution in [2.24, 2.45) is 7.05 Å². The minimum atomic E-state index is -4.15. The van der Waals surface area contributed by atoms with Gasteiger partial charge in [-0.15, -0.1) is 0 Å². The van der Waals surface area contributed by atoms with Gasteiger partial charge in [-0.3, -0.25) is 4.68 Å². The van der Waals surface area contributed by atoms with Gasteiger partial charge in [-0.2, -0.15) is 27.4 Å². The summed E-state index contributed by atoms with van der Waals surface area (Å²) in [7, 11) is -2.38. The summed E-state index contributed by atoms with van der Waals surface area (Å²) in [6.07, 6.45) is 4.29. The summed E-state index contributed by atoms with van der Waals surface area (Å²) in [6, 6.07) is 2.06. The number of carbonyl (C=O) groups is 1. The van der Waals surface area contributed by atoms with Gasteiger partial charge in [0.1, 0.15) is 17.6 Å². The van der Waals surface area contributed by atoms with Crippen LogP contribution in [0.3, 0.4) is 0 Å². The molecule has 1 amide bonds. The van der Waals surface area contributed by atoms with Crippen molar-refractivity contribution >= 4 is 22.1 Å². The molecule has 0 aromatic carbocycles. The molecule has 0 radical (unpaired) electrons. The molecule has 0 saturated carbocycles. The lowest BCUT2D eigenvalue weighted by Gasteiger charge is -2.47. The van der Waals surface area contributed by atoms with Gasteiger partial charge in [0.15, 0.2) is 5.69 Å². The van der Waals surface area contributed by atoms with Crippen molar-refractivity contribution in [3.05, 3.63) is 24.3 Å². The molecule has 2 aliphatic heterocycles. The van der Waals surface area contributed by atoms with E-state index >= 15 is 0 Å². The molecule has 4 rings (SSSR count). The maximum Gasteiger partial charge on any atom is 0.422 e. The van der Waals surface area contributed by atoms with E-state index in [-0.39, 0.29) is 12.2 Å². The van der Waals surface area contributed by atoms with Gasteiger partial charge in [0.2, 0.25) is 0 Å². The third-order valence-corrected chi connectivity index (χ3v) is 8.30. The molecule has 176 valence electrons. The molecule has 0 unspecified atom stereocenters. The summed E-state index contributed by atoms with van der Waals surface area (Å²) in [4.78, 5) is 22.6. The van der Waals surface area contributed by atoms with Gasteiger partial charge in [0, 0.05) is 37.4 Å². The van der Waals surface area contributed by atoms with Crippen molar-refractivity contribution in [3.63, 3.8) is 0 Å². The van der Waals surface area contributed by atoms with E-state index in [9.17, 15) is 23.6 Å². The Bertz CT molecular complexity index is 1240. The molecule has 2 saturated heterocycles. The minimum absolute atomic E-state index is 0.101. The zero-order valence-electron chi connectivity index (χ0n) is 18.9. The number of carboxylic acid groups (broad SMARTS) is 1. The molecule has 2 aliphatic rings. The fourth-order valence-electron chi connectivity index (χ4n) is 4.85. The number of hydrogen-bond donors (Lipinski definition) is 1. The second-order valence-corrected chi connectivity index (χ2v) is 11.1. The van der Waals surface area contributed by atoms with E-state index in [0.717, 1.165) is 0 Å². The van der Waals surface area contributed by atoms with Gasteiger partial charge in [-0.05, 0) is 33.6 Å². The molecule has 12 nitrogen and oxygen atoms in total. The zero-order chi connectivity index (χ0) is 24.2. The molecule has 2 fully saturated rings. The SMILES string of the molecule is Cn1cc(-c2nc(N3CCC4(CC3)CN(C(=O)O)S(=O)(=O)N4C(C)(C)C)cnc2C#N)cn1. The Morgan fingerprint density at radius 2 is 1.91 bits per heavy atom. The van der Waals surface area contributed by atoms with E-state index in [1.165, 1.54) is 10.5 Å². The highest BCUT2D eigenvalue weighted by atomic mass is 32.2. The molecule has 1 N–H and O–H groups in total. The maximum absolute atomic E-state index is 13.1. The quantitative estimate of drug-likeness (QED) is 0.682. The fraction of sp³-hybridized carbons (Fsp3) is 0.550. The first-order chi connectivity index (χ1) is 15.4. The van der Waals surface area contributed by atoms with Crippen molar-refractivity contribution in [2.75, 3.05) is 24.5 Å². The predicted octanol–water partition coefficient (Wildman–Crippen LogP) is 1.43. The molecule has 0 aliphatic carbocycles. The molecule has 1 spiro atoms. The predicted molar refractivity (Wildman–Crippen MR) is 118 cm³/mol. The van der Waals surface area contributed by atoms with Crippen LogP contribution in [0.5, 0.6) is 0 Å². The van der Waals surface area contributed by atoms with Crippen LogP contribution in [0.25, 0.3) is 11.3 Å². The Hall–Kier alpha value is -3.24. The lowest BCUT2D eigenvalue weighted by molar-refractivity contribution is 0.0885. The summed E-state index contributed by atoms with van der Waals surface area (Å²) in [6.45, 7) is 6.14. The number of nitrogens with zero attached hydrogens (tertiary/aromatic N) is 8. The van der Waals surface area contributed by atoms with Gasteiger partial charge < -0.3 is 10.0 Å². The van der Waals surface area contributed by atoms with Gasteiger partial charge >= 0.3 is 16.3 Å². The largest absolute Gasteiger partial charge is 0.464 e. The van der Waals surface area contributed by atoms with Crippen LogP contribution in [0, 0.1) is 11.3 Å². The van der Waals surface area contributed by atoms with Crippen LogP contribution in [0.4, 0.5) is 10.6 Å². The standard InChI is InChI=1S/C20H26N8O4S/c1-19(2,3)28-20(13-27(18(29)30)33(28,31)32)5-7-26(8-6-20)16-11-22-15(9-21)17(24-16)14-10-23-25(4)12-14/h10-12H,5-8,13H2,1-4H3,(H,29,30). The fourth-order valence-corrected chi connectivity index (χ4v) is 7.07. The average Bonchev–Trinajstić information content (AvgIpc) is 3.26. The molecule has 13 heteroatoms. The van der Waals surface area contributed by atoms with Crippen LogP contribution >= 0.6 is 0 Å². The van der Waals surface area contributed by atoms with Crippen LogP contribution in [-0.2, 0) is 17.3 Å². The number of aryl methyl sites for hydroxylation is 1. The van der Waals surface area contributed by atoms with Crippen LogP contribution in [0.15, 0.2) is 18.6 Å². The molecular weight excluding hydrogens is 448 g/mol. The Morgan fingerprint density at radius 3 is 2.42 bits per heavy atom. The maximum atomic E-state index is 13.1. The van der Waals surface area contributed by atoms with E-state index in [2.05, 4.69) is 21.1 Å². The summed E-state index contributed by atoms with van der Waals surface area (Å²) in [5.41, 5.74) is -0.321. The monoisotopic (exact) mass is 474 g/mol. The molecule has 0 atom stereocenters. The molecule has 2 aromatic heterocycles. The van der Waals surface area contributed by atoms with Gasteiger partial charge in [-0.25, -0.2) is 14.8 Å². The first-order valence-electron chi connectivity index (χ1n) is 10.5. The van der Waals surface area contributed by atoms with Gasteiger partial charge in [-0.1, -0.05) is 0 Å². The van der Waals surface area contributed by atoms with E-state index in [1.807, 2.05) is 4.90 Å². The molecular formula is C20H26N8O4S. The van der Waals surface area contributed by atoms with E-state index in [0.29, 0.717) is 47.3 Å². The third kappa shape index (κ3) is 3.79. The number of anilines is 1. The van der Waals surface area contributed by atoms with Crippen molar-refractivity contribution in [2.45, 2.75) is 44.7 Å². The number of piperidine rings is 1. The number of rotatable bonds is 2. The van der Waals surface area contributed by atoms with Gasteiger partial charge in [0.25, 0.3) is 0 Å². The lowest BCUT2D eigenvalue weighted by Crippen LogP contribution is -2.60. The Balaban J connectivity index is 1.64. The summed E-state index contributed by atoms with van der Waals surface area (Å²) >= 11 is 0. The number of nitriles is 1. The Morgan fingerprint density at radius 1 is 1.24 bits per heavy atom. The first kappa shape index (κ1) is 22.9. The highest BCUT2D eigenvalue weighted by molar-refractivity contribution is 7.87. The van der Waals surface area contributed by atoms with E-state index in [1.54, 1.807) is 44.9 Å². The lowest BCUT2D eigenvalue weighted by atomic mass is 9.84. The van der Waals surface area contributed by atoms with Crippen LogP contribution in [0.1, 0.15) is 39.3 Å². The van der Waals surface area contributed by atoms with Crippen LogP contribution in [-0.4, -0.2) is 78.7 Å². The second-order valence-electron chi connectivity index (χ2n) is 9.38. The second kappa shape index (κ2) is 7.67. The van der Waals surface area contributed by atoms with Gasteiger partial charge in [0.05, 0.1) is 24.5 Å². The Labute approximate surface area is 192 Å². The van der Waals surface area contributed by atoms with E-state index < -0.39 is 27.4 Å². The molecule has 0 bridgehead atoms. The van der Waals surface area contributed by atoms with Crippen molar-refractivity contribution in [3.8, 4) is 17.3 Å². The zero-order valence-corrected chi connectivity index (χ0v) is 19.7. The summed E-state index contributed by atoms with van der Waals surface area (Å²) in [5, 5.41) is 23.1. The van der Waals surface area contributed by atoms with E-state index in [4.69, 9.17) is 0 Å². The normalized spacial score (nSPS) is 20.2. The highest BCUT2D eigenvalue weighted by Gasteiger charge is 2.60. The first-order valence-corrected chi connectivity index (χ1v) is 11.9. The number of hydrogen-bond acceptors (Lipinski definition) is 8. The highest BCUT2D eigenvalue weighted by Crippen LogP contribution is 2.44. The third-order valence-electron chi connectivity index (χ3n) is 6.06. The number of amides is 1. The summed E-state index contributed by atoms with van der Waals surface area (Å²) in [5.74, 6) is 0.570. The van der Waals surface area contributed by atoms with Crippen molar-refractivity contribution in [1.82, 2.24) is 28.4 Å². The average molecular weight is 475 g/mol. The smallest absolute Gasteiger partial charge is 0.422 e. The Kier molecular flexibility index (Phi) is 5.33. The molecule has 33 heavy (non-hydrogen) atoms. The number of aromatic nitrogens is 4. The van der Waals surface area contributed by atoms with Crippen molar-refractivity contribution < 1.29 is 18.3 Å². The molecule has 2 aromatic rings. The van der Waals surface area contributed by atoms with Crippen LogP contribution in [0.2, 0.25) is 0 Å². The topological polar surface area (TPSA) is 149 Å².